The van der Waals surface area contributed by atoms with Crippen LogP contribution in [-0.2, 0) is 0 Å². The van der Waals surface area contributed by atoms with Gasteiger partial charge in [0.25, 0.3) is 0 Å². The first kappa shape index (κ1) is 14.7. The van der Waals surface area contributed by atoms with Crippen molar-refractivity contribution in [3.63, 3.8) is 0 Å². The summed E-state index contributed by atoms with van der Waals surface area (Å²) in [4.78, 5) is 0. The third-order valence-corrected chi connectivity index (χ3v) is 5.83. The third-order valence-electron chi connectivity index (χ3n) is 4.79. The summed E-state index contributed by atoms with van der Waals surface area (Å²) in [7, 11) is 0. The maximum atomic E-state index is 3.84. The maximum Gasteiger partial charge on any atom is 0.0110 e. The van der Waals surface area contributed by atoms with Gasteiger partial charge in [0.15, 0.2) is 0 Å². The molecule has 0 aromatic heterocycles. The van der Waals surface area contributed by atoms with Crippen molar-refractivity contribution in [2.24, 2.45) is 5.92 Å². The van der Waals surface area contributed by atoms with E-state index in [1.807, 2.05) is 11.8 Å². The average molecular weight is 270 g/mol. The molecule has 18 heavy (non-hydrogen) atoms. The van der Waals surface area contributed by atoms with E-state index in [1.54, 1.807) is 0 Å². The van der Waals surface area contributed by atoms with Gasteiger partial charge in [-0.3, -0.25) is 0 Å². The molecule has 2 rings (SSSR count). The van der Waals surface area contributed by atoms with Gasteiger partial charge in [0.05, 0.1) is 0 Å². The molecule has 2 N–H and O–H groups in total. The molecule has 1 heterocycles. The molecule has 2 aliphatic rings. The van der Waals surface area contributed by atoms with Gasteiger partial charge in [-0.15, -0.1) is 0 Å². The lowest BCUT2D eigenvalue weighted by atomic mass is 9.88. The molecule has 0 spiro atoms. The van der Waals surface area contributed by atoms with E-state index in [-0.39, 0.29) is 0 Å². The Morgan fingerprint density at radius 1 is 1.22 bits per heavy atom. The molecule has 4 unspecified atom stereocenters. The van der Waals surface area contributed by atoms with E-state index in [0.29, 0.717) is 0 Å². The van der Waals surface area contributed by atoms with E-state index < -0.39 is 0 Å². The van der Waals surface area contributed by atoms with Gasteiger partial charge < -0.3 is 10.6 Å². The van der Waals surface area contributed by atoms with Crippen LogP contribution in [0.25, 0.3) is 0 Å². The first-order valence-electron chi connectivity index (χ1n) is 7.81. The van der Waals surface area contributed by atoms with Gasteiger partial charge in [-0.2, -0.15) is 11.8 Å². The standard InChI is InChI=1S/C15H30N2S/c1-12(18-2)9-11-17-15-8-5-6-13(15)14-7-3-4-10-16-14/h12-17H,3-11H2,1-2H3. The zero-order valence-corrected chi connectivity index (χ0v) is 12.9. The zero-order valence-electron chi connectivity index (χ0n) is 12.1. The molecule has 0 aromatic rings. The highest BCUT2D eigenvalue weighted by atomic mass is 32.2. The fraction of sp³-hybridized carbons (Fsp3) is 1.00. The van der Waals surface area contributed by atoms with Crippen LogP contribution in [0.15, 0.2) is 0 Å². The molecule has 1 aliphatic heterocycles. The minimum atomic E-state index is 0.787. The SMILES string of the molecule is CSC(C)CCNC1CCCC1C1CCCCN1. The van der Waals surface area contributed by atoms with Crippen molar-refractivity contribution in [3.8, 4) is 0 Å². The fourth-order valence-electron chi connectivity index (χ4n) is 3.56. The lowest BCUT2D eigenvalue weighted by Gasteiger charge is -2.33. The summed E-state index contributed by atoms with van der Waals surface area (Å²) in [6, 6.07) is 1.59. The molecule has 0 radical (unpaired) electrons. The minimum absolute atomic E-state index is 0.787. The predicted octanol–water partition coefficient (Wildman–Crippen LogP) is 3.03. The van der Waals surface area contributed by atoms with E-state index in [2.05, 4.69) is 23.8 Å². The van der Waals surface area contributed by atoms with Crippen LogP contribution >= 0.6 is 11.8 Å². The molecule has 3 heteroatoms. The molecule has 4 atom stereocenters. The predicted molar refractivity (Wildman–Crippen MR) is 82.4 cm³/mol. The first-order valence-corrected chi connectivity index (χ1v) is 9.09. The molecule has 0 amide bonds. The van der Waals surface area contributed by atoms with E-state index in [4.69, 9.17) is 0 Å². The monoisotopic (exact) mass is 270 g/mol. The second kappa shape index (κ2) is 7.76. The molecule has 1 saturated heterocycles. The summed E-state index contributed by atoms with van der Waals surface area (Å²) < 4.78 is 0. The van der Waals surface area contributed by atoms with Crippen LogP contribution in [0.5, 0.6) is 0 Å². The smallest absolute Gasteiger partial charge is 0.0110 e. The van der Waals surface area contributed by atoms with Gasteiger partial charge in [-0.1, -0.05) is 19.8 Å². The molecule has 0 aromatic carbocycles. The highest BCUT2D eigenvalue weighted by Gasteiger charge is 2.33. The second-order valence-electron chi connectivity index (χ2n) is 6.05. The van der Waals surface area contributed by atoms with E-state index in [0.717, 1.165) is 23.3 Å². The Labute approximate surface area is 117 Å². The molecule has 1 aliphatic carbocycles. The highest BCUT2D eigenvalue weighted by molar-refractivity contribution is 7.99. The van der Waals surface area contributed by atoms with E-state index in [1.165, 1.54) is 58.0 Å². The number of hydrogen-bond donors (Lipinski definition) is 2. The van der Waals surface area contributed by atoms with Crippen LogP contribution in [0.1, 0.15) is 51.9 Å². The Balaban J connectivity index is 1.72. The molecule has 106 valence electrons. The average Bonchev–Trinajstić information content (AvgIpc) is 2.88. The van der Waals surface area contributed by atoms with Gasteiger partial charge >= 0.3 is 0 Å². The van der Waals surface area contributed by atoms with Crippen molar-refractivity contribution in [1.29, 1.82) is 0 Å². The van der Waals surface area contributed by atoms with Gasteiger partial charge in [0, 0.05) is 17.3 Å². The van der Waals surface area contributed by atoms with Gasteiger partial charge in [0.2, 0.25) is 0 Å². The van der Waals surface area contributed by atoms with Crippen LogP contribution in [0.4, 0.5) is 0 Å². The van der Waals surface area contributed by atoms with Gasteiger partial charge in [-0.25, -0.2) is 0 Å². The van der Waals surface area contributed by atoms with Crippen LogP contribution < -0.4 is 10.6 Å². The lowest BCUT2D eigenvalue weighted by molar-refractivity contribution is 0.257. The Morgan fingerprint density at radius 2 is 2.11 bits per heavy atom. The summed E-state index contributed by atoms with van der Waals surface area (Å²) in [5, 5.41) is 8.39. The summed E-state index contributed by atoms with van der Waals surface area (Å²) in [6.45, 7) is 4.79. The Hall–Kier alpha value is 0.270. The molecule has 0 bridgehead atoms. The normalized spacial score (nSPS) is 34.7. The topological polar surface area (TPSA) is 24.1 Å². The number of rotatable bonds is 6. The molecule has 2 nitrogen and oxygen atoms in total. The number of thioether (sulfide) groups is 1. The number of hydrogen-bond acceptors (Lipinski definition) is 3. The summed E-state index contributed by atoms with van der Waals surface area (Å²) in [5.41, 5.74) is 0. The van der Waals surface area contributed by atoms with Crippen molar-refractivity contribution < 1.29 is 0 Å². The van der Waals surface area contributed by atoms with Crippen LogP contribution in [0, 0.1) is 5.92 Å². The fourth-order valence-corrected chi connectivity index (χ4v) is 3.91. The van der Waals surface area contributed by atoms with Crippen LogP contribution in [-0.4, -0.2) is 36.7 Å². The second-order valence-corrected chi connectivity index (χ2v) is 7.32. The first-order chi connectivity index (χ1) is 8.81. The number of nitrogens with one attached hydrogen (secondary N) is 2. The summed E-state index contributed by atoms with van der Waals surface area (Å²) in [5.74, 6) is 0.898. The molecule has 2 fully saturated rings. The van der Waals surface area contributed by atoms with Crippen molar-refractivity contribution in [3.05, 3.63) is 0 Å². The van der Waals surface area contributed by atoms with E-state index >= 15 is 0 Å². The highest BCUT2D eigenvalue weighted by Crippen LogP contribution is 2.31. The largest absolute Gasteiger partial charge is 0.314 e. The van der Waals surface area contributed by atoms with Gasteiger partial charge in [0.1, 0.15) is 0 Å². The van der Waals surface area contributed by atoms with Gasteiger partial charge in [-0.05, 0) is 57.4 Å². The van der Waals surface area contributed by atoms with Crippen molar-refractivity contribution in [1.82, 2.24) is 10.6 Å². The Kier molecular flexibility index (Phi) is 6.33. The Bertz CT molecular complexity index is 229. The quantitative estimate of drug-likeness (QED) is 0.776. The zero-order chi connectivity index (χ0) is 12.8. The Morgan fingerprint density at radius 3 is 2.83 bits per heavy atom. The summed E-state index contributed by atoms with van der Waals surface area (Å²) in [6.07, 6.45) is 12.0. The number of piperidine rings is 1. The van der Waals surface area contributed by atoms with Crippen LogP contribution in [0.2, 0.25) is 0 Å². The minimum Gasteiger partial charge on any atom is -0.314 e. The van der Waals surface area contributed by atoms with E-state index in [9.17, 15) is 0 Å². The summed E-state index contributed by atoms with van der Waals surface area (Å²) >= 11 is 1.98. The lowest BCUT2D eigenvalue weighted by Crippen LogP contribution is -2.47. The van der Waals surface area contributed by atoms with Crippen molar-refractivity contribution in [2.75, 3.05) is 19.3 Å². The molecular weight excluding hydrogens is 240 g/mol. The maximum absolute atomic E-state index is 3.84. The molecule has 1 saturated carbocycles. The van der Waals surface area contributed by atoms with Crippen molar-refractivity contribution in [2.45, 2.75) is 69.2 Å². The van der Waals surface area contributed by atoms with Crippen molar-refractivity contribution >= 4 is 11.8 Å². The van der Waals surface area contributed by atoms with Crippen LogP contribution in [0.3, 0.4) is 0 Å². The third kappa shape index (κ3) is 4.14. The molecular formula is C15H30N2S.